The van der Waals surface area contributed by atoms with Crippen LogP contribution in [0.1, 0.15) is 47.3 Å². The SMILES string of the molecule is Cc1csc(NC(=O)c2c(C)noc2C(C)C)n1. The highest BCUT2D eigenvalue weighted by Crippen LogP contribution is 2.24. The molecule has 0 aromatic carbocycles. The lowest BCUT2D eigenvalue weighted by Gasteiger charge is -2.04. The molecule has 0 saturated heterocycles. The molecule has 2 rings (SSSR count). The number of carbonyl (C=O) groups excluding carboxylic acids is 1. The number of anilines is 1. The molecule has 0 fully saturated rings. The van der Waals surface area contributed by atoms with E-state index in [2.05, 4.69) is 15.5 Å². The van der Waals surface area contributed by atoms with Crippen LogP contribution in [0.4, 0.5) is 5.13 Å². The van der Waals surface area contributed by atoms with Crippen molar-refractivity contribution in [3.8, 4) is 0 Å². The largest absolute Gasteiger partial charge is 0.360 e. The zero-order chi connectivity index (χ0) is 13.3. The lowest BCUT2D eigenvalue weighted by molar-refractivity contribution is 0.102. The molecule has 6 heteroatoms. The van der Waals surface area contributed by atoms with Gasteiger partial charge in [0, 0.05) is 11.3 Å². The third kappa shape index (κ3) is 2.43. The van der Waals surface area contributed by atoms with E-state index in [9.17, 15) is 4.79 Å². The van der Waals surface area contributed by atoms with Gasteiger partial charge in [-0.2, -0.15) is 0 Å². The first-order valence-corrected chi connectivity index (χ1v) is 6.56. The maximum absolute atomic E-state index is 12.2. The van der Waals surface area contributed by atoms with Crippen LogP contribution in [0.25, 0.3) is 0 Å². The van der Waals surface area contributed by atoms with E-state index >= 15 is 0 Å². The average Bonchev–Trinajstić information content (AvgIpc) is 2.85. The first-order chi connectivity index (χ1) is 8.49. The van der Waals surface area contributed by atoms with Crippen LogP contribution in [0.15, 0.2) is 9.90 Å². The van der Waals surface area contributed by atoms with Gasteiger partial charge in [0.2, 0.25) is 0 Å². The molecule has 2 aromatic rings. The second kappa shape index (κ2) is 4.89. The number of nitrogens with one attached hydrogen (secondary N) is 1. The van der Waals surface area contributed by atoms with Crippen molar-refractivity contribution in [1.82, 2.24) is 10.1 Å². The topological polar surface area (TPSA) is 68.0 Å². The summed E-state index contributed by atoms with van der Waals surface area (Å²) in [5.41, 5.74) is 2.00. The third-order valence-corrected chi connectivity index (χ3v) is 3.36. The molecule has 0 bridgehead atoms. The van der Waals surface area contributed by atoms with Gasteiger partial charge in [0.15, 0.2) is 10.9 Å². The number of rotatable bonds is 3. The Labute approximate surface area is 109 Å². The minimum atomic E-state index is -0.216. The number of amides is 1. The monoisotopic (exact) mass is 265 g/mol. The molecular formula is C12H15N3O2S. The predicted octanol–water partition coefficient (Wildman–Crippen LogP) is 3.12. The van der Waals surface area contributed by atoms with E-state index in [1.165, 1.54) is 11.3 Å². The van der Waals surface area contributed by atoms with Crippen molar-refractivity contribution in [3.05, 3.63) is 28.1 Å². The Morgan fingerprint density at radius 2 is 2.17 bits per heavy atom. The van der Waals surface area contributed by atoms with Gasteiger partial charge in [0.25, 0.3) is 5.91 Å². The second-order valence-electron chi connectivity index (χ2n) is 4.41. The number of carbonyl (C=O) groups is 1. The van der Waals surface area contributed by atoms with Crippen molar-refractivity contribution < 1.29 is 9.32 Å². The van der Waals surface area contributed by atoms with Gasteiger partial charge in [0.05, 0.1) is 11.4 Å². The smallest absolute Gasteiger partial charge is 0.262 e. The molecule has 0 aliphatic heterocycles. The lowest BCUT2D eigenvalue weighted by Crippen LogP contribution is -2.14. The normalized spacial score (nSPS) is 10.9. The molecule has 96 valence electrons. The molecule has 0 radical (unpaired) electrons. The summed E-state index contributed by atoms with van der Waals surface area (Å²) in [6.45, 7) is 7.57. The van der Waals surface area contributed by atoms with Crippen LogP contribution in [-0.2, 0) is 0 Å². The van der Waals surface area contributed by atoms with E-state index in [-0.39, 0.29) is 11.8 Å². The van der Waals surface area contributed by atoms with E-state index in [1.54, 1.807) is 6.92 Å². The minimum absolute atomic E-state index is 0.116. The fourth-order valence-corrected chi connectivity index (χ4v) is 2.31. The Kier molecular flexibility index (Phi) is 3.47. The predicted molar refractivity (Wildman–Crippen MR) is 70.1 cm³/mol. The Bertz CT molecular complexity index is 572. The maximum atomic E-state index is 12.2. The highest BCUT2D eigenvalue weighted by molar-refractivity contribution is 7.13. The van der Waals surface area contributed by atoms with Crippen molar-refractivity contribution in [1.29, 1.82) is 0 Å². The molecule has 2 aromatic heterocycles. The summed E-state index contributed by atoms with van der Waals surface area (Å²) in [6, 6.07) is 0. The molecule has 18 heavy (non-hydrogen) atoms. The van der Waals surface area contributed by atoms with Crippen LogP contribution < -0.4 is 5.32 Å². The van der Waals surface area contributed by atoms with Gasteiger partial charge < -0.3 is 4.52 Å². The summed E-state index contributed by atoms with van der Waals surface area (Å²) in [7, 11) is 0. The zero-order valence-electron chi connectivity index (χ0n) is 10.8. The van der Waals surface area contributed by atoms with Crippen LogP contribution in [0.2, 0.25) is 0 Å². The van der Waals surface area contributed by atoms with Crippen molar-refractivity contribution in [2.45, 2.75) is 33.6 Å². The van der Waals surface area contributed by atoms with Gasteiger partial charge in [-0.25, -0.2) is 4.98 Å². The molecule has 0 unspecified atom stereocenters. The summed E-state index contributed by atoms with van der Waals surface area (Å²) in [5.74, 6) is 0.509. The van der Waals surface area contributed by atoms with Crippen LogP contribution in [-0.4, -0.2) is 16.0 Å². The second-order valence-corrected chi connectivity index (χ2v) is 5.27. The van der Waals surface area contributed by atoms with E-state index in [0.717, 1.165) is 5.69 Å². The fourth-order valence-electron chi connectivity index (χ4n) is 1.63. The Morgan fingerprint density at radius 3 is 2.72 bits per heavy atom. The average molecular weight is 265 g/mol. The van der Waals surface area contributed by atoms with Gasteiger partial charge in [0.1, 0.15) is 5.56 Å². The Morgan fingerprint density at radius 1 is 1.44 bits per heavy atom. The Hall–Kier alpha value is -1.69. The number of thiazole rings is 1. The lowest BCUT2D eigenvalue weighted by atomic mass is 10.0. The number of nitrogens with zero attached hydrogens (tertiary/aromatic N) is 2. The molecule has 5 nitrogen and oxygen atoms in total. The molecule has 1 N–H and O–H groups in total. The van der Waals surface area contributed by atoms with Gasteiger partial charge in [-0.3, -0.25) is 10.1 Å². The summed E-state index contributed by atoms with van der Waals surface area (Å²) in [4.78, 5) is 16.4. The number of aromatic nitrogens is 2. The summed E-state index contributed by atoms with van der Waals surface area (Å²) in [6.07, 6.45) is 0. The quantitative estimate of drug-likeness (QED) is 0.925. The van der Waals surface area contributed by atoms with Gasteiger partial charge in [-0.15, -0.1) is 11.3 Å². The van der Waals surface area contributed by atoms with E-state index in [4.69, 9.17) is 4.52 Å². The molecule has 0 aliphatic carbocycles. The van der Waals surface area contributed by atoms with E-state index < -0.39 is 0 Å². The Balaban J connectivity index is 2.26. The van der Waals surface area contributed by atoms with Crippen LogP contribution in [0.5, 0.6) is 0 Å². The maximum Gasteiger partial charge on any atom is 0.262 e. The molecule has 0 atom stereocenters. The van der Waals surface area contributed by atoms with Crippen LogP contribution >= 0.6 is 11.3 Å². The number of hydrogen-bond acceptors (Lipinski definition) is 5. The summed E-state index contributed by atoms with van der Waals surface area (Å²) in [5, 5.41) is 9.10. The van der Waals surface area contributed by atoms with Gasteiger partial charge in [-0.1, -0.05) is 19.0 Å². The summed E-state index contributed by atoms with van der Waals surface area (Å²) < 4.78 is 5.19. The molecule has 0 saturated carbocycles. The highest BCUT2D eigenvalue weighted by atomic mass is 32.1. The van der Waals surface area contributed by atoms with Crippen molar-refractivity contribution in [3.63, 3.8) is 0 Å². The standard InChI is InChI=1S/C12H15N3O2S/c1-6(2)10-9(8(4)15-17-10)11(16)14-12-13-7(3)5-18-12/h5-6H,1-4H3,(H,13,14,16). The van der Waals surface area contributed by atoms with Crippen molar-refractivity contribution >= 4 is 22.4 Å². The van der Waals surface area contributed by atoms with E-state index in [0.29, 0.717) is 22.1 Å². The third-order valence-electron chi connectivity index (χ3n) is 2.48. The first kappa shape index (κ1) is 12.8. The fraction of sp³-hybridized carbons (Fsp3) is 0.417. The van der Waals surface area contributed by atoms with Crippen molar-refractivity contribution in [2.75, 3.05) is 5.32 Å². The van der Waals surface area contributed by atoms with Crippen LogP contribution in [0.3, 0.4) is 0 Å². The molecule has 0 spiro atoms. The van der Waals surface area contributed by atoms with E-state index in [1.807, 2.05) is 26.2 Å². The van der Waals surface area contributed by atoms with Crippen molar-refractivity contribution in [2.24, 2.45) is 0 Å². The van der Waals surface area contributed by atoms with Gasteiger partial charge >= 0.3 is 0 Å². The summed E-state index contributed by atoms with van der Waals surface area (Å²) >= 11 is 1.40. The highest BCUT2D eigenvalue weighted by Gasteiger charge is 2.23. The molecule has 2 heterocycles. The number of hydrogen-bond donors (Lipinski definition) is 1. The van der Waals surface area contributed by atoms with Gasteiger partial charge in [-0.05, 0) is 13.8 Å². The zero-order valence-corrected chi connectivity index (χ0v) is 11.6. The molecular weight excluding hydrogens is 250 g/mol. The molecule has 0 aliphatic rings. The minimum Gasteiger partial charge on any atom is -0.360 e. The number of aryl methyl sites for hydroxylation is 2. The first-order valence-electron chi connectivity index (χ1n) is 5.68. The van der Waals surface area contributed by atoms with Crippen LogP contribution in [0, 0.1) is 13.8 Å². The molecule has 1 amide bonds.